The Bertz CT molecular complexity index is 248. The van der Waals surface area contributed by atoms with E-state index in [1.165, 1.54) is 0 Å². The van der Waals surface area contributed by atoms with Gasteiger partial charge >= 0.3 is 0 Å². The van der Waals surface area contributed by atoms with Crippen LogP contribution in [0.25, 0.3) is 0 Å². The Morgan fingerprint density at radius 2 is 2.33 bits per heavy atom. The summed E-state index contributed by atoms with van der Waals surface area (Å²) >= 11 is 0. The van der Waals surface area contributed by atoms with Crippen LogP contribution in [0.5, 0.6) is 0 Å². The van der Waals surface area contributed by atoms with E-state index in [1.54, 1.807) is 0 Å². The Kier molecular flexibility index (Phi) is 7.23. The van der Waals surface area contributed by atoms with Crippen LogP contribution in [-0.4, -0.2) is 55.7 Å². The summed E-state index contributed by atoms with van der Waals surface area (Å²) in [5.41, 5.74) is 5.68. The number of hydrogen-bond acceptors (Lipinski definition) is 4. The molecule has 1 saturated heterocycles. The van der Waals surface area contributed by atoms with Gasteiger partial charge in [-0.05, 0) is 13.0 Å². The molecule has 1 amide bonds. The third-order valence-corrected chi connectivity index (χ3v) is 3.43. The number of unbranched alkanes of at least 4 members (excludes halogenated alkanes) is 1. The lowest BCUT2D eigenvalue weighted by Gasteiger charge is -2.32. The molecule has 3 N–H and O–H groups in total. The van der Waals surface area contributed by atoms with Gasteiger partial charge in [0, 0.05) is 25.7 Å². The monoisotopic (exact) mass is 257 g/mol. The van der Waals surface area contributed by atoms with Gasteiger partial charge in [0.05, 0.1) is 6.61 Å². The van der Waals surface area contributed by atoms with E-state index < -0.39 is 0 Å². The molecule has 0 radical (unpaired) electrons. The average Bonchev–Trinajstić information content (AvgIpc) is 2.43. The second kappa shape index (κ2) is 8.45. The average molecular weight is 257 g/mol. The normalized spacial score (nSPS) is 22.7. The fraction of sp³-hybridized carbons (Fsp3) is 0.923. The molecule has 0 saturated carbocycles. The van der Waals surface area contributed by atoms with Gasteiger partial charge in [0.1, 0.15) is 6.10 Å². The molecule has 0 bridgehead atoms. The molecule has 2 unspecified atom stereocenters. The zero-order valence-electron chi connectivity index (χ0n) is 11.7. The second-order valence-corrected chi connectivity index (χ2v) is 4.84. The van der Waals surface area contributed by atoms with E-state index in [0.717, 1.165) is 32.4 Å². The molecule has 0 aliphatic carbocycles. The number of morpholine rings is 1. The highest BCUT2D eigenvalue weighted by Gasteiger charge is 2.26. The number of nitrogens with one attached hydrogen (secondary N) is 1. The fourth-order valence-electron chi connectivity index (χ4n) is 2.14. The predicted molar refractivity (Wildman–Crippen MR) is 72.4 cm³/mol. The third-order valence-electron chi connectivity index (χ3n) is 3.43. The van der Waals surface area contributed by atoms with Gasteiger partial charge in [0.15, 0.2) is 0 Å². The highest BCUT2D eigenvalue weighted by atomic mass is 16.5. The summed E-state index contributed by atoms with van der Waals surface area (Å²) in [6.07, 6.45) is 2.82. The number of carbonyl (C=O) groups is 1. The maximum Gasteiger partial charge on any atom is 0.250 e. The van der Waals surface area contributed by atoms with Crippen LogP contribution in [0.1, 0.15) is 33.1 Å². The van der Waals surface area contributed by atoms with Gasteiger partial charge in [0.25, 0.3) is 5.91 Å². The lowest BCUT2D eigenvalue weighted by molar-refractivity contribution is -0.139. The van der Waals surface area contributed by atoms with Crippen molar-refractivity contribution in [2.45, 2.75) is 45.3 Å². The van der Waals surface area contributed by atoms with Gasteiger partial charge in [-0.15, -0.1) is 0 Å². The van der Waals surface area contributed by atoms with Crippen LogP contribution in [0.3, 0.4) is 0 Å². The van der Waals surface area contributed by atoms with E-state index in [-0.39, 0.29) is 18.1 Å². The van der Waals surface area contributed by atoms with Gasteiger partial charge < -0.3 is 15.8 Å². The Morgan fingerprint density at radius 3 is 2.94 bits per heavy atom. The molecule has 106 valence electrons. The quantitative estimate of drug-likeness (QED) is 0.690. The zero-order chi connectivity index (χ0) is 13.4. The summed E-state index contributed by atoms with van der Waals surface area (Å²) in [6.45, 7) is 7.93. The Labute approximate surface area is 110 Å². The highest BCUT2D eigenvalue weighted by Crippen LogP contribution is 2.06. The van der Waals surface area contributed by atoms with E-state index in [2.05, 4.69) is 24.1 Å². The highest BCUT2D eigenvalue weighted by molar-refractivity contribution is 5.81. The minimum atomic E-state index is -0.339. The molecule has 0 aromatic carbocycles. The van der Waals surface area contributed by atoms with E-state index in [0.29, 0.717) is 19.7 Å². The number of nitrogens with zero attached hydrogens (tertiary/aromatic N) is 1. The maximum absolute atomic E-state index is 12.1. The van der Waals surface area contributed by atoms with Crippen molar-refractivity contribution in [3.63, 3.8) is 0 Å². The molecule has 0 spiro atoms. The molecule has 2 atom stereocenters. The summed E-state index contributed by atoms with van der Waals surface area (Å²) < 4.78 is 5.53. The minimum Gasteiger partial charge on any atom is -0.366 e. The molecular formula is C13H27N3O2. The molecule has 0 aromatic heterocycles. The maximum atomic E-state index is 12.1. The van der Waals surface area contributed by atoms with Gasteiger partial charge in [-0.1, -0.05) is 26.7 Å². The topological polar surface area (TPSA) is 67.6 Å². The molecule has 0 aromatic rings. The lowest BCUT2D eigenvalue weighted by atomic mass is 10.1. The second-order valence-electron chi connectivity index (χ2n) is 4.84. The first-order valence-electron chi connectivity index (χ1n) is 7.05. The Hall–Kier alpha value is -0.650. The molecule has 5 nitrogen and oxygen atoms in total. The summed E-state index contributed by atoms with van der Waals surface area (Å²) in [5, 5.41) is 3.00. The molecule has 1 aliphatic rings. The molecule has 1 rings (SSSR count). The number of rotatable bonds is 7. The van der Waals surface area contributed by atoms with Crippen molar-refractivity contribution in [2.75, 3.05) is 32.8 Å². The number of carbonyl (C=O) groups excluding carboxylic acids is 1. The smallest absolute Gasteiger partial charge is 0.250 e. The number of ether oxygens (including phenoxy) is 1. The SMILES string of the molecule is CCCCC(CN)NC(=O)C1CN(CC)CCO1. The first-order valence-corrected chi connectivity index (χ1v) is 7.05. The summed E-state index contributed by atoms with van der Waals surface area (Å²) in [7, 11) is 0. The first kappa shape index (κ1) is 15.4. The zero-order valence-corrected chi connectivity index (χ0v) is 11.7. The molecule has 1 aliphatic heterocycles. The first-order chi connectivity index (χ1) is 8.71. The van der Waals surface area contributed by atoms with Crippen molar-refractivity contribution < 1.29 is 9.53 Å². The molecule has 5 heteroatoms. The van der Waals surface area contributed by atoms with E-state index in [9.17, 15) is 4.79 Å². The van der Waals surface area contributed by atoms with Crippen LogP contribution in [-0.2, 0) is 9.53 Å². The minimum absolute atomic E-state index is 0.0142. The van der Waals surface area contributed by atoms with E-state index >= 15 is 0 Å². The Morgan fingerprint density at radius 1 is 1.56 bits per heavy atom. The van der Waals surface area contributed by atoms with Crippen molar-refractivity contribution in [3.05, 3.63) is 0 Å². The largest absolute Gasteiger partial charge is 0.366 e. The molecule has 18 heavy (non-hydrogen) atoms. The van der Waals surface area contributed by atoms with Crippen molar-refractivity contribution >= 4 is 5.91 Å². The number of hydrogen-bond donors (Lipinski definition) is 2. The van der Waals surface area contributed by atoms with Gasteiger partial charge in [-0.2, -0.15) is 0 Å². The van der Waals surface area contributed by atoms with Gasteiger partial charge in [-0.3, -0.25) is 9.69 Å². The van der Waals surface area contributed by atoms with E-state index in [4.69, 9.17) is 10.5 Å². The van der Waals surface area contributed by atoms with Crippen LogP contribution < -0.4 is 11.1 Å². The van der Waals surface area contributed by atoms with Crippen molar-refractivity contribution in [2.24, 2.45) is 5.73 Å². The van der Waals surface area contributed by atoms with Crippen molar-refractivity contribution in [1.29, 1.82) is 0 Å². The standard InChI is InChI=1S/C13H27N3O2/c1-3-5-6-11(9-14)15-13(17)12-10-16(4-2)7-8-18-12/h11-12H,3-10,14H2,1-2H3,(H,15,17). The molecular weight excluding hydrogens is 230 g/mol. The molecule has 1 fully saturated rings. The summed E-state index contributed by atoms with van der Waals surface area (Å²) in [4.78, 5) is 14.3. The number of likely N-dealkylation sites (N-methyl/N-ethyl adjacent to an activating group) is 1. The van der Waals surface area contributed by atoms with Crippen molar-refractivity contribution in [3.8, 4) is 0 Å². The van der Waals surface area contributed by atoms with Crippen LogP contribution >= 0.6 is 0 Å². The number of nitrogens with two attached hydrogens (primary N) is 1. The van der Waals surface area contributed by atoms with Crippen LogP contribution in [0.15, 0.2) is 0 Å². The predicted octanol–water partition coefficient (Wildman–Crippen LogP) is 0.341. The third kappa shape index (κ3) is 4.92. The van der Waals surface area contributed by atoms with Crippen LogP contribution in [0.2, 0.25) is 0 Å². The van der Waals surface area contributed by atoms with E-state index in [1.807, 2.05) is 0 Å². The van der Waals surface area contributed by atoms with Gasteiger partial charge in [-0.25, -0.2) is 0 Å². The van der Waals surface area contributed by atoms with Crippen LogP contribution in [0, 0.1) is 0 Å². The van der Waals surface area contributed by atoms with Crippen molar-refractivity contribution in [1.82, 2.24) is 10.2 Å². The Balaban J connectivity index is 2.38. The number of amides is 1. The fourth-order valence-corrected chi connectivity index (χ4v) is 2.14. The summed E-state index contributed by atoms with van der Waals surface area (Å²) in [5.74, 6) is -0.0142. The van der Waals surface area contributed by atoms with Crippen LogP contribution in [0.4, 0.5) is 0 Å². The van der Waals surface area contributed by atoms with Gasteiger partial charge in [0.2, 0.25) is 0 Å². The lowest BCUT2D eigenvalue weighted by Crippen LogP contribution is -2.52. The molecule has 1 heterocycles. The summed E-state index contributed by atoms with van der Waals surface area (Å²) in [6, 6.07) is 0.0815.